The summed E-state index contributed by atoms with van der Waals surface area (Å²) in [5.41, 5.74) is -1.05. The van der Waals surface area contributed by atoms with Crippen molar-refractivity contribution in [1.29, 1.82) is 0 Å². The van der Waals surface area contributed by atoms with Crippen molar-refractivity contribution in [3.05, 3.63) is 66.0 Å². The number of hydrogen-bond donors (Lipinski definition) is 3. The van der Waals surface area contributed by atoms with Crippen LogP contribution in [0, 0.1) is 0 Å². The zero-order chi connectivity index (χ0) is 19.0. The molecule has 0 bridgehead atoms. The van der Waals surface area contributed by atoms with E-state index in [9.17, 15) is 14.7 Å². The standard InChI is InChI=1S/C19H20O7/c20-10-11-25-14-4-3-8-19(12-14,26-13-18(23)24)9-7-17(22)15-5-1-2-6-16(15)21/h1-9,20-21H,10-13H2,(H,23,24). The summed E-state index contributed by atoms with van der Waals surface area (Å²) in [5.74, 6) is -1.24. The lowest BCUT2D eigenvalue weighted by molar-refractivity contribution is -0.145. The van der Waals surface area contributed by atoms with Gasteiger partial charge in [0.2, 0.25) is 0 Å². The lowest BCUT2D eigenvalue weighted by atomic mass is 9.92. The second-order valence-electron chi connectivity index (χ2n) is 5.59. The number of ether oxygens (including phenoxy) is 2. The molecule has 0 amide bonds. The molecule has 0 saturated carbocycles. The predicted octanol–water partition coefficient (Wildman–Crippen LogP) is 1.82. The molecule has 1 unspecified atom stereocenters. The zero-order valence-electron chi connectivity index (χ0n) is 14.0. The van der Waals surface area contributed by atoms with Crippen LogP contribution in [0.3, 0.4) is 0 Å². The third-order valence-electron chi connectivity index (χ3n) is 3.64. The number of carboxylic acid groups (broad SMARTS) is 1. The highest BCUT2D eigenvalue weighted by molar-refractivity contribution is 6.06. The molecule has 0 aliphatic heterocycles. The van der Waals surface area contributed by atoms with Crippen molar-refractivity contribution in [2.75, 3.05) is 19.8 Å². The number of ketones is 1. The quantitative estimate of drug-likeness (QED) is 0.455. The number of carbonyl (C=O) groups excluding carboxylic acids is 1. The van der Waals surface area contributed by atoms with Crippen LogP contribution in [0.4, 0.5) is 0 Å². The maximum Gasteiger partial charge on any atom is 0.329 e. The highest BCUT2D eigenvalue weighted by Crippen LogP contribution is 2.30. The SMILES string of the molecule is O=C(O)COC1(C=CC(=O)c2ccccc2O)C=CC=C(OCCO)C1. The third kappa shape index (κ3) is 5.30. The number of carbonyl (C=O) groups is 2. The molecule has 2 rings (SSSR count). The van der Waals surface area contributed by atoms with Crippen molar-refractivity contribution in [2.24, 2.45) is 0 Å². The summed E-state index contributed by atoms with van der Waals surface area (Å²) >= 11 is 0. The Balaban J connectivity index is 2.21. The Morgan fingerprint density at radius 1 is 1.27 bits per heavy atom. The minimum Gasteiger partial charge on any atom is -0.507 e. The molecule has 0 aromatic heterocycles. The monoisotopic (exact) mass is 360 g/mol. The summed E-state index contributed by atoms with van der Waals surface area (Å²) in [6, 6.07) is 6.12. The Morgan fingerprint density at radius 3 is 2.73 bits per heavy atom. The zero-order valence-corrected chi connectivity index (χ0v) is 14.0. The Hall–Kier alpha value is -2.90. The van der Waals surface area contributed by atoms with E-state index in [1.807, 2.05) is 0 Å². The van der Waals surface area contributed by atoms with Crippen LogP contribution in [0.25, 0.3) is 0 Å². The number of carboxylic acids is 1. The van der Waals surface area contributed by atoms with Gasteiger partial charge in [0.25, 0.3) is 0 Å². The number of phenols is 1. The highest BCUT2D eigenvalue weighted by Gasteiger charge is 2.30. The number of aliphatic carboxylic acids is 1. The number of aliphatic hydroxyl groups excluding tert-OH is 1. The maximum absolute atomic E-state index is 12.3. The lowest BCUT2D eigenvalue weighted by Crippen LogP contribution is -2.33. The van der Waals surface area contributed by atoms with Gasteiger partial charge in [0.05, 0.1) is 17.9 Å². The number of aliphatic hydroxyl groups is 1. The van der Waals surface area contributed by atoms with Gasteiger partial charge < -0.3 is 24.8 Å². The van der Waals surface area contributed by atoms with E-state index < -0.39 is 24.0 Å². The van der Waals surface area contributed by atoms with E-state index in [-0.39, 0.29) is 30.9 Å². The second-order valence-corrected chi connectivity index (χ2v) is 5.59. The molecule has 26 heavy (non-hydrogen) atoms. The highest BCUT2D eigenvalue weighted by atomic mass is 16.5. The fourth-order valence-electron chi connectivity index (χ4n) is 2.43. The van der Waals surface area contributed by atoms with Crippen LogP contribution in [0.1, 0.15) is 16.8 Å². The predicted molar refractivity (Wildman–Crippen MR) is 92.8 cm³/mol. The van der Waals surface area contributed by atoms with Gasteiger partial charge in [-0.1, -0.05) is 18.2 Å². The molecule has 1 aromatic carbocycles. The van der Waals surface area contributed by atoms with E-state index in [1.165, 1.54) is 24.3 Å². The molecule has 7 heteroatoms. The van der Waals surface area contributed by atoms with E-state index in [0.717, 1.165) is 0 Å². The van der Waals surface area contributed by atoms with Crippen LogP contribution in [0.5, 0.6) is 5.75 Å². The van der Waals surface area contributed by atoms with Crippen LogP contribution in [0.2, 0.25) is 0 Å². The summed E-state index contributed by atoms with van der Waals surface area (Å²) in [5, 5.41) is 27.5. The summed E-state index contributed by atoms with van der Waals surface area (Å²) in [4.78, 5) is 23.2. The van der Waals surface area contributed by atoms with Gasteiger partial charge in [0.1, 0.15) is 24.6 Å². The first-order valence-electron chi connectivity index (χ1n) is 7.95. The molecule has 0 spiro atoms. The van der Waals surface area contributed by atoms with Gasteiger partial charge in [-0.15, -0.1) is 0 Å². The lowest BCUT2D eigenvalue weighted by Gasteiger charge is -2.30. The number of para-hydroxylation sites is 1. The van der Waals surface area contributed by atoms with Crippen LogP contribution in [-0.2, 0) is 14.3 Å². The van der Waals surface area contributed by atoms with Gasteiger partial charge in [-0.3, -0.25) is 4.79 Å². The van der Waals surface area contributed by atoms with Crippen molar-refractivity contribution in [3.63, 3.8) is 0 Å². The Labute approximate surface area is 150 Å². The second kappa shape index (κ2) is 8.98. The van der Waals surface area contributed by atoms with Crippen LogP contribution >= 0.6 is 0 Å². The molecule has 7 nitrogen and oxygen atoms in total. The maximum atomic E-state index is 12.3. The molecular formula is C19H20O7. The normalized spacial score (nSPS) is 19.3. The molecule has 138 valence electrons. The van der Waals surface area contributed by atoms with E-state index in [1.54, 1.807) is 30.4 Å². The average molecular weight is 360 g/mol. The van der Waals surface area contributed by atoms with E-state index in [0.29, 0.717) is 5.76 Å². The summed E-state index contributed by atoms with van der Waals surface area (Å²) in [7, 11) is 0. The van der Waals surface area contributed by atoms with Crippen LogP contribution in [0.15, 0.2) is 60.4 Å². The molecule has 3 N–H and O–H groups in total. The molecule has 1 aliphatic carbocycles. The number of phenolic OH excluding ortho intramolecular Hbond substituents is 1. The van der Waals surface area contributed by atoms with Gasteiger partial charge >= 0.3 is 5.97 Å². The average Bonchev–Trinajstić information content (AvgIpc) is 2.64. The van der Waals surface area contributed by atoms with Crippen molar-refractivity contribution < 1.29 is 34.4 Å². The first kappa shape index (κ1) is 19.4. The topological polar surface area (TPSA) is 113 Å². The van der Waals surface area contributed by atoms with E-state index in [4.69, 9.17) is 19.7 Å². The largest absolute Gasteiger partial charge is 0.507 e. The molecule has 0 fully saturated rings. The smallest absolute Gasteiger partial charge is 0.329 e. The van der Waals surface area contributed by atoms with Gasteiger partial charge in [0.15, 0.2) is 5.78 Å². The van der Waals surface area contributed by atoms with E-state index >= 15 is 0 Å². The minimum atomic E-state index is -1.18. The number of benzene rings is 1. The minimum absolute atomic E-state index is 0.0925. The molecule has 1 aromatic rings. The van der Waals surface area contributed by atoms with Crippen LogP contribution in [-0.4, -0.2) is 52.5 Å². The Morgan fingerprint density at radius 2 is 2.04 bits per heavy atom. The van der Waals surface area contributed by atoms with Crippen molar-refractivity contribution in [1.82, 2.24) is 0 Å². The van der Waals surface area contributed by atoms with Gasteiger partial charge in [-0.05, 0) is 36.4 Å². The number of hydrogen-bond acceptors (Lipinski definition) is 6. The van der Waals surface area contributed by atoms with Gasteiger partial charge in [-0.25, -0.2) is 4.79 Å². The molecule has 1 atom stereocenters. The fraction of sp³-hybridized carbons (Fsp3) is 0.263. The summed E-state index contributed by atoms with van der Waals surface area (Å²) in [6.45, 7) is -0.631. The summed E-state index contributed by atoms with van der Waals surface area (Å²) < 4.78 is 10.9. The molecule has 0 saturated heterocycles. The van der Waals surface area contributed by atoms with Gasteiger partial charge in [-0.2, -0.15) is 0 Å². The fourth-order valence-corrected chi connectivity index (χ4v) is 2.43. The summed E-state index contributed by atoms with van der Waals surface area (Å²) in [6.07, 6.45) is 7.77. The molecular weight excluding hydrogens is 340 g/mol. The number of aromatic hydroxyl groups is 1. The van der Waals surface area contributed by atoms with E-state index in [2.05, 4.69) is 0 Å². The van der Waals surface area contributed by atoms with Crippen molar-refractivity contribution in [2.45, 2.75) is 12.0 Å². The van der Waals surface area contributed by atoms with Crippen molar-refractivity contribution >= 4 is 11.8 Å². The Kier molecular flexibility index (Phi) is 6.71. The molecule has 0 heterocycles. The van der Waals surface area contributed by atoms with Crippen molar-refractivity contribution in [3.8, 4) is 5.75 Å². The Bertz CT molecular complexity index is 748. The van der Waals surface area contributed by atoms with Crippen LogP contribution < -0.4 is 0 Å². The first-order chi connectivity index (χ1) is 12.5. The molecule has 0 radical (unpaired) electrons. The third-order valence-corrected chi connectivity index (χ3v) is 3.64. The molecule has 1 aliphatic rings. The number of allylic oxidation sites excluding steroid dienone is 3. The van der Waals surface area contributed by atoms with Gasteiger partial charge in [0, 0.05) is 6.42 Å². The first-order valence-corrected chi connectivity index (χ1v) is 7.95. The number of rotatable bonds is 9.